The topological polar surface area (TPSA) is 29.5 Å². The number of aliphatic hydroxyl groups is 1. The Hall–Kier alpha value is -1.16. The van der Waals surface area contributed by atoms with Crippen molar-refractivity contribution in [2.45, 2.75) is 25.9 Å². The van der Waals surface area contributed by atoms with E-state index in [-0.39, 0.29) is 0 Å². The van der Waals surface area contributed by atoms with Gasteiger partial charge in [-0.1, -0.05) is 25.1 Å². The fourth-order valence-electron chi connectivity index (χ4n) is 1.26. The van der Waals surface area contributed by atoms with Gasteiger partial charge in [0.1, 0.15) is 12.4 Å². The van der Waals surface area contributed by atoms with Gasteiger partial charge >= 0.3 is 0 Å². The van der Waals surface area contributed by atoms with E-state index in [4.69, 9.17) is 4.74 Å². The van der Waals surface area contributed by atoms with Gasteiger partial charge in [0.15, 0.2) is 0 Å². The quantitative estimate of drug-likeness (QED) is 0.820. The average Bonchev–Trinajstić information content (AvgIpc) is 2.25. The molecule has 0 fully saturated rings. The monoisotopic (exact) mass is 216 g/mol. The number of hydrogen-bond acceptors (Lipinski definition) is 2. The molecule has 0 aliphatic rings. The maximum absolute atomic E-state index is 11.9. The number of para-hydroxylation sites is 1. The fourth-order valence-corrected chi connectivity index (χ4v) is 1.26. The molecule has 0 radical (unpaired) electrons. The van der Waals surface area contributed by atoms with E-state index in [0.29, 0.717) is 17.7 Å². The number of halogens is 2. The number of alkyl halides is 2. The predicted molar refractivity (Wildman–Crippen MR) is 53.2 cm³/mol. The van der Waals surface area contributed by atoms with Crippen LogP contribution in [0.4, 0.5) is 8.78 Å². The third-order valence-electron chi connectivity index (χ3n) is 2.03. The summed E-state index contributed by atoms with van der Waals surface area (Å²) in [6, 6.07) is 6.68. The van der Waals surface area contributed by atoms with Gasteiger partial charge in [0.25, 0.3) is 6.43 Å². The highest BCUT2D eigenvalue weighted by atomic mass is 19.3. The molecule has 1 aromatic rings. The molecule has 0 aliphatic carbocycles. The minimum atomic E-state index is -2.50. The van der Waals surface area contributed by atoms with E-state index in [2.05, 4.69) is 0 Å². The molecule has 0 saturated carbocycles. The molecule has 4 heteroatoms. The third kappa shape index (κ3) is 3.47. The summed E-state index contributed by atoms with van der Waals surface area (Å²) in [5, 5.41) is 9.61. The van der Waals surface area contributed by atoms with Crippen LogP contribution in [0.2, 0.25) is 0 Å². The molecule has 1 aromatic carbocycles. The van der Waals surface area contributed by atoms with Crippen LogP contribution in [-0.4, -0.2) is 18.1 Å². The molecular weight excluding hydrogens is 202 g/mol. The standard InChI is InChI=1S/C11H14F2O2/c1-2-9(14)8-5-3-4-6-10(8)15-7-11(12)13/h3-6,9,11,14H,2,7H2,1H3/t9-/m1/s1. The second-order valence-electron chi connectivity index (χ2n) is 3.16. The third-order valence-corrected chi connectivity index (χ3v) is 2.03. The van der Waals surface area contributed by atoms with Crippen LogP contribution >= 0.6 is 0 Å². The van der Waals surface area contributed by atoms with Gasteiger partial charge in [-0.05, 0) is 12.5 Å². The minimum Gasteiger partial charge on any atom is -0.487 e. The lowest BCUT2D eigenvalue weighted by atomic mass is 10.1. The van der Waals surface area contributed by atoms with Gasteiger partial charge < -0.3 is 9.84 Å². The molecule has 0 heterocycles. The summed E-state index contributed by atoms with van der Waals surface area (Å²) in [4.78, 5) is 0. The maximum Gasteiger partial charge on any atom is 0.272 e. The number of aliphatic hydroxyl groups excluding tert-OH is 1. The van der Waals surface area contributed by atoms with Crippen molar-refractivity contribution in [1.82, 2.24) is 0 Å². The van der Waals surface area contributed by atoms with Gasteiger partial charge in [-0.3, -0.25) is 0 Å². The minimum absolute atomic E-state index is 0.326. The van der Waals surface area contributed by atoms with E-state index < -0.39 is 19.1 Å². The van der Waals surface area contributed by atoms with E-state index in [1.54, 1.807) is 24.3 Å². The molecule has 0 bridgehead atoms. The molecule has 0 amide bonds. The zero-order valence-corrected chi connectivity index (χ0v) is 8.49. The first kappa shape index (κ1) is 11.9. The summed E-state index contributed by atoms with van der Waals surface area (Å²) in [5.74, 6) is 0.326. The molecule has 0 unspecified atom stereocenters. The van der Waals surface area contributed by atoms with Gasteiger partial charge in [-0.25, -0.2) is 8.78 Å². The number of ether oxygens (including phenoxy) is 1. The normalized spacial score (nSPS) is 12.9. The van der Waals surface area contributed by atoms with E-state index >= 15 is 0 Å². The lowest BCUT2D eigenvalue weighted by Gasteiger charge is -2.14. The Labute approximate surface area is 87.5 Å². The summed E-state index contributed by atoms with van der Waals surface area (Å²) in [6.07, 6.45) is -2.65. The van der Waals surface area contributed by atoms with Crippen LogP contribution in [0, 0.1) is 0 Å². The van der Waals surface area contributed by atoms with Crippen molar-refractivity contribution in [1.29, 1.82) is 0 Å². The first-order chi connectivity index (χ1) is 7.15. The van der Waals surface area contributed by atoms with Gasteiger partial charge in [-0.2, -0.15) is 0 Å². The van der Waals surface area contributed by atoms with Gasteiger partial charge in [0.05, 0.1) is 6.10 Å². The van der Waals surface area contributed by atoms with Crippen LogP contribution in [0.1, 0.15) is 25.0 Å². The highest BCUT2D eigenvalue weighted by Gasteiger charge is 2.12. The Morgan fingerprint density at radius 1 is 1.33 bits per heavy atom. The predicted octanol–water partition coefficient (Wildman–Crippen LogP) is 2.77. The Morgan fingerprint density at radius 3 is 2.60 bits per heavy atom. The fraction of sp³-hybridized carbons (Fsp3) is 0.455. The number of benzene rings is 1. The van der Waals surface area contributed by atoms with Crippen LogP contribution in [0.5, 0.6) is 5.75 Å². The molecule has 0 aromatic heterocycles. The smallest absolute Gasteiger partial charge is 0.272 e. The van der Waals surface area contributed by atoms with Gasteiger partial charge in [-0.15, -0.1) is 0 Å². The summed E-state index contributed by atoms with van der Waals surface area (Å²) < 4.78 is 28.8. The Morgan fingerprint density at radius 2 is 2.00 bits per heavy atom. The molecule has 1 rings (SSSR count). The van der Waals surface area contributed by atoms with E-state index in [1.807, 2.05) is 6.92 Å². The molecule has 2 nitrogen and oxygen atoms in total. The van der Waals surface area contributed by atoms with Crippen LogP contribution in [0.15, 0.2) is 24.3 Å². The summed E-state index contributed by atoms with van der Waals surface area (Å²) >= 11 is 0. The molecular formula is C11H14F2O2. The Kier molecular flexibility index (Phi) is 4.49. The van der Waals surface area contributed by atoms with Crippen molar-refractivity contribution in [2.75, 3.05) is 6.61 Å². The molecule has 0 spiro atoms. The van der Waals surface area contributed by atoms with E-state index in [0.717, 1.165) is 0 Å². The summed E-state index contributed by atoms with van der Waals surface area (Å²) in [5.41, 5.74) is 0.556. The van der Waals surface area contributed by atoms with Crippen LogP contribution in [0.25, 0.3) is 0 Å². The largest absolute Gasteiger partial charge is 0.487 e. The highest BCUT2D eigenvalue weighted by molar-refractivity contribution is 5.34. The van der Waals surface area contributed by atoms with Gasteiger partial charge in [0, 0.05) is 5.56 Å². The number of hydrogen-bond donors (Lipinski definition) is 1. The van der Waals surface area contributed by atoms with E-state index in [9.17, 15) is 13.9 Å². The zero-order chi connectivity index (χ0) is 11.3. The average molecular weight is 216 g/mol. The number of rotatable bonds is 5. The van der Waals surface area contributed by atoms with Crippen molar-refractivity contribution in [3.05, 3.63) is 29.8 Å². The zero-order valence-electron chi connectivity index (χ0n) is 8.49. The summed E-state index contributed by atoms with van der Waals surface area (Å²) in [6.45, 7) is 1.17. The second-order valence-corrected chi connectivity index (χ2v) is 3.16. The SMILES string of the molecule is CC[C@@H](O)c1ccccc1OCC(F)F. The van der Waals surface area contributed by atoms with Crippen molar-refractivity contribution in [2.24, 2.45) is 0 Å². The molecule has 84 valence electrons. The first-order valence-corrected chi connectivity index (χ1v) is 4.83. The Balaban J connectivity index is 2.77. The summed E-state index contributed by atoms with van der Waals surface area (Å²) in [7, 11) is 0. The lowest BCUT2D eigenvalue weighted by Crippen LogP contribution is -2.09. The van der Waals surface area contributed by atoms with Crippen molar-refractivity contribution in [3.8, 4) is 5.75 Å². The van der Waals surface area contributed by atoms with Gasteiger partial charge in [0.2, 0.25) is 0 Å². The maximum atomic E-state index is 11.9. The van der Waals surface area contributed by atoms with Crippen LogP contribution < -0.4 is 4.74 Å². The first-order valence-electron chi connectivity index (χ1n) is 4.83. The molecule has 0 saturated heterocycles. The van der Waals surface area contributed by atoms with Crippen LogP contribution in [-0.2, 0) is 0 Å². The lowest BCUT2D eigenvalue weighted by molar-refractivity contribution is 0.0788. The Bertz CT molecular complexity index is 302. The molecule has 1 N–H and O–H groups in total. The molecule has 15 heavy (non-hydrogen) atoms. The van der Waals surface area contributed by atoms with Crippen molar-refractivity contribution < 1.29 is 18.6 Å². The second kappa shape index (κ2) is 5.66. The van der Waals surface area contributed by atoms with Crippen LogP contribution in [0.3, 0.4) is 0 Å². The highest BCUT2D eigenvalue weighted by Crippen LogP contribution is 2.26. The molecule has 0 aliphatic heterocycles. The van der Waals surface area contributed by atoms with Crippen molar-refractivity contribution in [3.63, 3.8) is 0 Å². The molecule has 1 atom stereocenters. The van der Waals surface area contributed by atoms with E-state index in [1.165, 1.54) is 0 Å². The van der Waals surface area contributed by atoms with Crippen molar-refractivity contribution >= 4 is 0 Å².